The Kier molecular flexibility index (Phi) is 4.82. The molecule has 1 aromatic carbocycles. The first kappa shape index (κ1) is 16.5. The molecule has 7 nitrogen and oxygen atoms in total. The van der Waals surface area contributed by atoms with Gasteiger partial charge in [-0.05, 0) is 12.1 Å². The monoisotopic (exact) mass is 331 g/mol. The molecule has 0 atom stereocenters. The number of ether oxygens (including phenoxy) is 1. The Morgan fingerprint density at radius 3 is 2.75 bits per heavy atom. The second-order valence-corrected chi connectivity index (χ2v) is 5.81. The van der Waals surface area contributed by atoms with E-state index in [0.29, 0.717) is 37.2 Å². The summed E-state index contributed by atoms with van der Waals surface area (Å²) in [6.07, 6.45) is 0. The van der Waals surface area contributed by atoms with Gasteiger partial charge in [0.05, 0.1) is 18.7 Å². The lowest BCUT2D eigenvalue weighted by atomic mass is 10.1. The predicted octanol–water partition coefficient (Wildman–Crippen LogP) is 0.306. The zero-order chi connectivity index (χ0) is 17.1. The molecule has 0 aliphatic carbocycles. The zero-order valence-corrected chi connectivity index (χ0v) is 13.6. The van der Waals surface area contributed by atoms with E-state index >= 15 is 0 Å². The molecular weight excluding hydrogens is 310 g/mol. The molecule has 3 rings (SSSR count). The van der Waals surface area contributed by atoms with Crippen LogP contribution in [0.5, 0.6) is 5.75 Å². The van der Waals surface area contributed by atoms with Gasteiger partial charge in [-0.1, -0.05) is 12.1 Å². The van der Waals surface area contributed by atoms with Gasteiger partial charge in [0.1, 0.15) is 11.3 Å². The largest absolute Gasteiger partial charge is 0.506 e. The molecular formula is C17H21N3O4. The number of nitrogens with one attached hydrogen (secondary N) is 1. The molecule has 1 amide bonds. The molecule has 1 aliphatic heterocycles. The van der Waals surface area contributed by atoms with Gasteiger partial charge in [0.15, 0.2) is 0 Å². The first-order valence-electron chi connectivity index (χ1n) is 7.98. The molecule has 0 radical (unpaired) electrons. The van der Waals surface area contributed by atoms with E-state index in [2.05, 4.69) is 10.2 Å². The second-order valence-electron chi connectivity index (χ2n) is 5.81. The summed E-state index contributed by atoms with van der Waals surface area (Å²) >= 11 is 0. The van der Waals surface area contributed by atoms with Gasteiger partial charge < -0.3 is 19.7 Å². The molecule has 0 unspecified atom stereocenters. The van der Waals surface area contributed by atoms with E-state index in [-0.39, 0.29) is 11.3 Å². The Morgan fingerprint density at radius 1 is 1.29 bits per heavy atom. The van der Waals surface area contributed by atoms with Gasteiger partial charge in [0, 0.05) is 38.6 Å². The van der Waals surface area contributed by atoms with Crippen LogP contribution in [-0.4, -0.2) is 59.9 Å². The molecule has 2 N–H and O–H groups in total. The number of hydrogen-bond donors (Lipinski definition) is 2. The topological polar surface area (TPSA) is 83.8 Å². The molecule has 1 aromatic heterocycles. The number of rotatable bonds is 4. The third-order valence-corrected chi connectivity index (χ3v) is 4.32. The standard InChI is InChI=1S/C17H21N3O4/c1-19-13-5-3-2-4-12(13)15(21)14(17(19)23)16(22)18-6-7-20-8-10-24-11-9-20/h2-5,21H,6-11H2,1H3,(H,18,22). The average Bonchev–Trinajstić information content (AvgIpc) is 2.61. The Bertz CT molecular complexity index is 809. The van der Waals surface area contributed by atoms with Crippen molar-refractivity contribution in [3.05, 3.63) is 40.2 Å². The normalized spacial score (nSPS) is 15.5. The number of fused-ring (bicyclic) bond motifs is 1. The number of aryl methyl sites for hydroxylation is 1. The number of hydrogen-bond acceptors (Lipinski definition) is 5. The number of pyridine rings is 1. The summed E-state index contributed by atoms with van der Waals surface area (Å²) in [4.78, 5) is 27.0. The summed E-state index contributed by atoms with van der Waals surface area (Å²) in [7, 11) is 1.59. The number of nitrogens with zero attached hydrogens (tertiary/aromatic N) is 2. The number of carbonyl (C=O) groups excluding carboxylic acids is 1. The number of carbonyl (C=O) groups is 1. The van der Waals surface area contributed by atoms with Gasteiger partial charge in [0.25, 0.3) is 11.5 Å². The summed E-state index contributed by atoms with van der Waals surface area (Å²) in [6.45, 7) is 4.15. The van der Waals surface area contributed by atoms with Crippen LogP contribution in [0, 0.1) is 0 Å². The fourth-order valence-corrected chi connectivity index (χ4v) is 2.92. The van der Waals surface area contributed by atoms with Crippen LogP contribution in [0.3, 0.4) is 0 Å². The van der Waals surface area contributed by atoms with Gasteiger partial charge in [-0.25, -0.2) is 0 Å². The van der Waals surface area contributed by atoms with Gasteiger partial charge in [-0.3, -0.25) is 14.5 Å². The van der Waals surface area contributed by atoms with E-state index in [4.69, 9.17) is 4.74 Å². The first-order valence-corrected chi connectivity index (χ1v) is 7.98. The summed E-state index contributed by atoms with van der Waals surface area (Å²) < 4.78 is 6.66. The molecule has 7 heteroatoms. The molecule has 24 heavy (non-hydrogen) atoms. The minimum atomic E-state index is -0.549. The first-order chi connectivity index (χ1) is 11.6. The number of aromatic nitrogens is 1. The third kappa shape index (κ3) is 3.13. The van der Waals surface area contributed by atoms with Crippen molar-refractivity contribution < 1.29 is 14.6 Å². The summed E-state index contributed by atoms with van der Waals surface area (Å²) in [5, 5.41) is 13.6. The maximum absolute atomic E-state index is 12.4. The van der Waals surface area contributed by atoms with E-state index in [1.54, 1.807) is 31.3 Å². The average molecular weight is 331 g/mol. The van der Waals surface area contributed by atoms with Gasteiger partial charge in [0.2, 0.25) is 0 Å². The van der Waals surface area contributed by atoms with Crippen molar-refractivity contribution >= 4 is 16.8 Å². The quantitative estimate of drug-likeness (QED) is 0.842. The van der Waals surface area contributed by atoms with Crippen LogP contribution in [0.2, 0.25) is 0 Å². The Hall–Kier alpha value is -2.38. The van der Waals surface area contributed by atoms with Crippen molar-refractivity contribution in [2.24, 2.45) is 7.05 Å². The third-order valence-electron chi connectivity index (χ3n) is 4.32. The molecule has 1 fully saturated rings. The summed E-state index contributed by atoms with van der Waals surface area (Å²) in [5.41, 5.74) is -0.127. The Balaban J connectivity index is 1.78. The fourth-order valence-electron chi connectivity index (χ4n) is 2.92. The van der Waals surface area contributed by atoms with E-state index in [1.807, 2.05) is 0 Å². The summed E-state index contributed by atoms with van der Waals surface area (Å²) in [6, 6.07) is 6.96. The van der Waals surface area contributed by atoms with Crippen LogP contribution in [0.4, 0.5) is 0 Å². The van der Waals surface area contributed by atoms with Crippen LogP contribution >= 0.6 is 0 Å². The van der Waals surface area contributed by atoms with Crippen molar-refractivity contribution in [2.75, 3.05) is 39.4 Å². The maximum atomic E-state index is 12.4. The predicted molar refractivity (Wildman–Crippen MR) is 90.4 cm³/mol. The van der Waals surface area contributed by atoms with Gasteiger partial charge in [-0.15, -0.1) is 0 Å². The van der Waals surface area contributed by atoms with Crippen LogP contribution < -0.4 is 10.9 Å². The van der Waals surface area contributed by atoms with Crippen molar-refractivity contribution in [3.63, 3.8) is 0 Å². The number of benzene rings is 1. The van der Waals surface area contributed by atoms with Crippen molar-refractivity contribution in [1.82, 2.24) is 14.8 Å². The SMILES string of the molecule is Cn1c(=O)c(C(=O)NCCN2CCOCC2)c(O)c2ccccc21. The van der Waals surface area contributed by atoms with Crippen LogP contribution in [-0.2, 0) is 11.8 Å². The van der Waals surface area contributed by atoms with Crippen molar-refractivity contribution in [3.8, 4) is 5.75 Å². The highest BCUT2D eigenvalue weighted by Crippen LogP contribution is 2.25. The van der Waals surface area contributed by atoms with Crippen molar-refractivity contribution in [1.29, 1.82) is 0 Å². The maximum Gasteiger partial charge on any atom is 0.267 e. The van der Waals surface area contributed by atoms with E-state index < -0.39 is 11.5 Å². The lowest BCUT2D eigenvalue weighted by molar-refractivity contribution is 0.0383. The fraction of sp³-hybridized carbons (Fsp3) is 0.412. The Morgan fingerprint density at radius 2 is 2.00 bits per heavy atom. The van der Waals surface area contributed by atoms with E-state index in [0.717, 1.165) is 13.1 Å². The molecule has 1 aliphatic rings. The lowest BCUT2D eigenvalue weighted by Crippen LogP contribution is -2.42. The second kappa shape index (κ2) is 7.02. The highest BCUT2D eigenvalue weighted by atomic mass is 16.5. The van der Waals surface area contributed by atoms with Gasteiger partial charge in [-0.2, -0.15) is 0 Å². The molecule has 0 bridgehead atoms. The van der Waals surface area contributed by atoms with Crippen LogP contribution in [0.15, 0.2) is 29.1 Å². The molecule has 0 saturated carbocycles. The number of aromatic hydroxyl groups is 1. The molecule has 1 saturated heterocycles. The molecule has 2 heterocycles. The zero-order valence-electron chi connectivity index (χ0n) is 13.6. The minimum absolute atomic E-state index is 0.210. The molecule has 0 spiro atoms. The van der Waals surface area contributed by atoms with E-state index in [1.165, 1.54) is 4.57 Å². The van der Waals surface area contributed by atoms with E-state index in [9.17, 15) is 14.7 Å². The molecule has 128 valence electrons. The summed E-state index contributed by atoms with van der Waals surface area (Å²) in [5.74, 6) is -0.815. The number of para-hydroxylation sites is 1. The Labute approximate surface area is 139 Å². The highest BCUT2D eigenvalue weighted by molar-refractivity contribution is 6.02. The highest BCUT2D eigenvalue weighted by Gasteiger charge is 2.21. The molecule has 2 aromatic rings. The van der Waals surface area contributed by atoms with Crippen LogP contribution in [0.1, 0.15) is 10.4 Å². The van der Waals surface area contributed by atoms with Crippen LogP contribution in [0.25, 0.3) is 10.9 Å². The lowest BCUT2D eigenvalue weighted by Gasteiger charge is -2.26. The number of amides is 1. The van der Waals surface area contributed by atoms with Gasteiger partial charge >= 0.3 is 0 Å². The van der Waals surface area contributed by atoms with Crippen molar-refractivity contribution in [2.45, 2.75) is 0 Å². The smallest absolute Gasteiger partial charge is 0.267 e. The minimum Gasteiger partial charge on any atom is -0.506 e. The number of morpholine rings is 1.